The van der Waals surface area contributed by atoms with Crippen LogP contribution in [0.15, 0.2) is 40.9 Å². The topological polar surface area (TPSA) is 20.3 Å². The van der Waals surface area contributed by atoms with Crippen molar-refractivity contribution in [2.75, 3.05) is 0 Å². The predicted molar refractivity (Wildman–Crippen MR) is 95.7 cm³/mol. The smallest absolute Gasteiger partial charge is 0.254 e. The number of fused-ring (bicyclic) bond motifs is 4. The van der Waals surface area contributed by atoms with Crippen LogP contribution < -0.4 is 0 Å². The number of hydrogen-bond acceptors (Lipinski definition) is 1. The van der Waals surface area contributed by atoms with Crippen LogP contribution in [0.5, 0.6) is 0 Å². The Morgan fingerprint density at radius 3 is 2.70 bits per heavy atom. The summed E-state index contributed by atoms with van der Waals surface area (Å²) in [6.07, 6.45) is 3.16. The largest absolute Gasteiger partial charge is 0.328 e. The minimum absolute atomic E-state index is 0.186. The lowest BCUT2D eigenvalue weighted by atomic mass is 9.92. The van der Waals surface area contributed by atoms with Gasteiger partial charge >= 0.3 is 0 Å². The Kier molecular flexibility index (Phi) is 3.56. The standard InChI is InChI=1S/C20H20BrNO/c1-12-3-4-15(9-13(12)2)20(23)22-17-7-8-19(22)18-11-16(21)6-5-14(18)10-17/h3-6,9,11,17,19H,7-8,10H2,1-2H3/t17-,19?/m1/s1. The van der Waals surface area contributed by atoms with Crippen molar-refractivity contribution in [3.05, 3.63) is 68.7 Å². The molecule has 1 fully saturated rings. The van der Waals surface area contributed by atoms with Gasteiger partial charge in [0.05, 0.1) is 6.04 Å². The van der Waals surface area contributed by atoms with Crippen molar-refractivity contribution in [1.82, 2.24) is 4.90 Å². The summed E-state index contributed by atoms with van der Waals surface area (Å²) in [6.45, 7) is 4.16. The SMILES string of the molecule is Cc1ccc(C(=O)N2C3CC[C@@H]2Cc2ccc(Br)cc23)cc1C. The molecule has 2 aliphatic rings. The van der Waals surface area contributed by atoms with E-state index in [9.17, 15) is 4.79 Å². The molecule has 2 aliphatic heterocycles. The van der Waals surface area contributed by atoms with E-state index in [1.165, 1.54) is 22.3 Å². The summed E-state index contributed by atoms with van der Waals surface area (Å²) in [7, 11) is 0. The average Bonchev–Trinajstić information content (AvgIpc) is 2.86. The maximum Gasteiger partial charge on any atom is 0.254 e. The van der Waals surface area contributed by atoms with Crippen LogP contribution in [-0.4, -0.2) is 16.8 Å². The molecule has 2 bridgehead atoms. The molecular formula is C20H20BrNO. The van der Waals surface area contributed by atoms with Gasteiger partial charge in [-0.3, -0.25) is 4.79 Å². The van der Waals surface area contributed by atoms with Gasteiger partial charge in [-0.05, 0) is 79.6 Å². The van der Waals surface area contributed by atoms with Crippen LogP contribution in [0, 0.1) is 13.8 Å². The summed E-state index contributed by atoms with van der Waals surface area (Å²) in [6, 6.07) is 13.2. The monoisotopic (exact) mass is 369 g/mol. The molecule has 118 valence electrons. The van der Waals surface area contributed by atoms with Crippen LogP contribution in [0.2, 0.25) is 0 Å². The number of carbonyl (C=O) groups excluding carboxylic acids is 1. The number of amides is 1. The highest BCUT2D eigenvalue weighted by Gasteiger charge is 2.42. The first-order chi connectivity index (χ1) is 11.0. The summed E-state index contributed by atoms with van der Waals surface area (Å²) in [5.74, 6) is 0.186. The Hall–Kier alpha value is -1.61. The summed E-state index contributed by atoms with van der Waals surface area (Å²) in [4.78, 5) is 15.3. The Bertz CT molecular complexity index is 798. The van der Waals surface area contributed by atoms with E-state index in [1.807, 2.05) is 12.1 Å². The highest BCUT2D eigenvalue weighted by molar-refractivity contribution is 9.10. The summed E-state index contributed by atoms with van der Waals surface area (Å²) in [5.41, 5.74) is 5.97. The fourth-order valence-corrected chi connectivity index (χ4v) is 4.41. The predicted octanol–water partition coefficient (Wildman–Crippen LogP) is 4.97. The van der Waals surface area contributed by atoms with E-state index in [1.54, 1.807) is 0 Å². The lowest BCUT2D eigenvalue weighted by Gasteiger charge is -2.36. The van der Waals surface area contributed by atoms with Crippen LogP contribution >= 0.6 is 15.9 Å². The molecule has 0 aromatic heterocycles. The van der Waals surface area contributed by atoms with Gasteiger partial charge in [0.25, 0.3) is 5.91 Å². The Labute approximate surface area is 145 Å². The van der Waals surface area contributed by atoms with Crippen molar-refractivity contribution in [3.8, 4) is 0 Å². The van der Waals surface area contributed by atoms with Crippen molar-refractivity contribution >= 4 is 21.8 Å². The Balaban J connectivity index is 1.72. The van der Waals surface area contributed by atoms with Crippen LogP contribution in [0.3, 0.4) is 0 Å². The number of rotatable bonds is 1. The second-order valence-corrected chi connectivity index (χ2v) is 7.72. The van der Waals surface area contributed by atoms with Crippen molar-refractivity contribution in [1.29, 1.82) is 0 Å². The first-order valence-electron chi connectivity index (χ1n) is 8.23. The molecule has 0 aliphatic carbocycles. The van der Waals surface area contributed by atoms with Crippen molar-refractivity contribution < 1.29 is 4.79 Å². The number of benzene rings is 2. The normalized spacial score (nSPS) is 22.1. The number of hydrogen-bond donors (Lipinski definition) is 0. The van der Waals surface area contributed by atoms with Gasteiger partial charge in [-0.15, -0.1) is 0 Å². The molecule has 23 heavy (non-hydrogen) atoms. The number of aryl methyl sites for hydroxylation is 2. The Morgan fingerprint density at radius 1 is 1.09 bits per heavy atom. The van der Waals surface area contributed by atoms with Crippen LogP contribution in [0.1, 0.15) is 51.5 Å². The maximum atomic E-state index is 13.1. The zero-order valence-electron chi connectivity index (χ0n) is 13.5. The van der Waals surface area contributed by atoms with Gasteiger partial charge in [0.1, 0.15) is 0 Å². The molecule has 2 nitrogen and oxygen atoms in total. The molecule has 2 aromatic carbocycles. The molecule has 1 amide bonds. The fraction of sp³-hybridized carbons (Fsp3) is 0.350. The first kappa shape index (κ1) is 14.9. The van der Waals surface area contributed by atoms with E-state index in [0.29, 0.717) is 6.04 Å². The molecule has 2 heterocycles. The molecule has 1 saturated heterocycles. The third-order valence-corrected chi connectivity index (χ3v) is 5.91. The summed E-state index contributed by atoms with van der Waals surface area (Å²) >= 11 is 3.58. The third kappa shape index (κ3) is 2.42. The molecule has 4 rings (SSSR count). The van der Waals surface area contributed by atoms with Gasteiger partial charge in [0.2, 0.25) is 0 Å². The van der Waals surface area contributed by atoms with Crippen LogP contribution in [0.25, 0.3) is 0 Å². The molecule has 1 unspecified atom stereocenters. The number of carbonyl (C=O) groups is 1. The number of nitrogens with zero attached hydrogens (tertiary/aromatic N) is 1. The van der Waals surface area contributed by atoms with E-state index in [2.05, 4.69) is 58.9 Å². The van der Waals surface area contributed by atoms with Gasteiger partial charge in [-0.1, -0.05) is 28.1 Å². The number of halogens is 1. The van der Waals surface area contributed by atoms with Gasteiger partial charge in [-0.25, -0.2) is 0 Å². The fourth-order valence-electron chi connectivity index (χ4n) is 4.04. The summed E-state index contributed by atoms with van der Waals surface area (Å²) in [5, 5.41) is 0. The van der Waals surface area contributed by atoms with E-state index >= 15 is 0 Å². The molecular weight excluding hydrogens is 350 g/mol. The minimum atomic E-state index is 0.186. The van der Waals surface area contributed by atoms with E-state index < -0.39 is 0 Å². The lowest BCUT2D eigenvalue weighted by Crippen LogP contribution is -2.41. The van der Waals surface area contributed by atoms with Gasteiger partial charge in [0.15, 0.2) is 0 Å². The zero-order chi connectivity index (χ0) is 16.1. The van der Waals surface area contributed by atoms with E-state index in [0.717, 1.165) is 29.3 Å². The molecule has 3 heteroatoms. The van der Waals surface area contributed by atoms with E-state index in [4.69, 9.17) is 0 Å². The van der Waals surface area contributed by atoms with E-state index in [-0.39, 0.29) is 11.9 Å². The van der Waals surface area contributed by atoms with Crippen molar-refractivity contribution in [3.63, 3.8) is 0 Å². The molecule has 0 N–H and O–H groups in total. The second kappa shape index (κ2) is 5.48. The van der Waals surface area contributed by atoms with Crippen LogP contribution in [0.4, 0.5) is 0 Å². The lowest BCUT2D eigenvalue weighted by molar-refractivity contribution is 0.0646. The van der Waals surface area contributed by atoms with Crippen LogP contribution in [-0.2, 0) is 6.42 Å². The van der Waals surface area contributed by atoms with Crippen molar-refractivity contribution in [2.45, 2.75) is 45.2 Å². The van der Waals surface area contributed by atoms with Gasteiger partial charge in [0, 0.05) is 16.1 Å². The molecule has 2 aromatic rings. The first-order valence-corrected chi connectivity index (χ1v) is 9.02. The molecule has 0 radical (unpaired) electrons. The quantitative estimate of drug-likeness (QED) is 0.694. The summed E-state index contributed by atoms with van der Waals surface area (Å²) < 4.78 is 1.10. The maximum absolute atomic E-state index is 13.1. The highest BCUT2D eigenvalue weighted by atomic mass is 79.9. The zero-order valence-corrected chi connectivity index (χ0v) is 15.1. The molecule has 0 saturated carbocycles. The van der Waals surface area contributed by atoms with Gasteiger partial charge < -0.3 is 4.90 Å². The second-order valence-electron chi connectivity index (χ2n) is 6.81. The molecule has 2 atom stereocenters. The third-order valence-electron chi connectivity index (χ3n) is 5.41. The molecule has 0 spiro atoms. The van der Waals surface area contributed by atoms with Gasteiger partial charge in [-0.2, -0.15) is 0 Å². The Morgan fingerprint density at radius 2 is 1.91 bits per heavy atom. The van der Waals surface area contributed by atoms with Crippen molar-refractivity contribution in [2.24, 2.45) is 0 Å². The average molecular weight is 370 g/mol. The minimum Gasteiger partial charge on any atom is -0.328 e. The highest BCUT2D eigenvalue weighted by Crippen LogP contribution is 2.45.